The Labute approximate surface area is 164 Å². The minimum atomic E-state index is -0.430. The lowest BCUT2D eigenvalue weighted by molar-refractivity contribution is -0.123. The van der Waals surface area contributed by atoms with E-state index in [1.807, 2.05) is 25.1 Å². The smallest absolute Gasteiger partial charge is 0.277 e. The number of carbonyl (C=O) groups excluding carboxylic acids is 1. The van der Waals surface area contributed by atoms with E-state index in [4.69, 9.17) is 32.7 Å². The van der Waals surface area contributed by atoms with E-state index >= 15 is 0 Å². The Bertz CT molecular complexity index is 784. The number of carbonyl (C=O) groups is 1. The van der Waals surface area contributed by atoms with Crippen LogP contribution in [0, 0.1) is 0 Å². The molecule has 0 unspecified atom stereocenters. The van der Waals surface area contributed by atoms with Gasteiger partial charge in [-0.05, 0) is 37.3 Å². The maximum Gasteiger partial charge on any atom is 0.277 e. The fourth-order valence-electron chi connectivity index (χ4n) is 1.84. The van der Waals surface area contributed by atoms with Crippen LogP contribution in [-0.2, 0) is 4.79 Å². The van der Waals surface area contributed by atoms with Gasteiger partial charge in [0, 0.05) is 21.1 Å². The molecular weight excluding hydrogens is 431 g/mol. The molecule has 0 spiro atoms. The molecule has 8 heteroatoms. The van der Waals surface area contributed by atoms with Gasteiger partial charge < -0.3 is 9.47 Å². The first-order chi connectivity index (χ1) is 12.0. The SMILES string of the molecule is CCOc1ccc(Br)cc1/C=N/NC(=O)COc1cc(Cl)ccc1Cl. The Morgan fingerprint density at radius 2 is 2.00 bits per heavy atom. The highest BCUT2D eigenvalue weighted by Gasteiger charge is 2.06. The van der Waals surface area contributed by atoms with Crippen molar-refractivity contribution in [1.29, 1.82) is 0 Å². The second kappa shape index (κ2) is 9.65. The van der Waals surface area contributed by atoms with E-state index in [2.05, 4.69) is 26.5 Å². The molecule has 2 aromatic carbocycles. The van der Waals surface area contributed by atoms with Crippen LogP contribution >= 0.6 is 39.1 Å². The number of ether oxygens (including phenoxy) is 2. The predicted octanol–water partition coefficient (Wildman–Crippen LogP) is 4.68. The van der Waals surface area contributed by atoms with E-state index in [-0.39, 0.29) is 6.61 Å². The highest BCUT2D eigenvalue weighted by Crippen LogP contribution is 2.27. The molecule has 0 radical (unpaired) electrons. The number of hydrogen-bond donors (Lipinski definition) is 1. The Morgan fingerprint density at radius 1 is 1.20 bits per heavy atom. The van der Waals surface area contributed by atoms with Crippen LogP contribution in [0.25, 0.3) is 0 Å². The number of amides is 1. The molecule has 25 heavy (non-hydrogen) atoms. The molecule has 0 heterocycles. The number of nitrogens with zero attached hydrogens (tertiary/aromatic N) is 1. The summed E-state index contributed by atoms with van der Waals surface area (Å²) in [5.41, 5.74) is 3.11. The highest BCUT2D eigenvalue weighted by molar-refractivity contribution is 9.10. The van der Waals surface area contributed by atoms with Gasteiger partial charge >= 0.3 is 0 Å². The van der Waals surface area contributed by atoms with Crippen LogP contribution < -0.4 is 14.9 Å². The zero-order chi connectivity index (χ0) is 18.2. The predicted molar refractivity (Wildman–Crippen MR) is 103 cm³/mol. The summed E-state index contributed by atoms with van der Waals surface area (Å²) in [7, 11) is 0. The minimum Gasteiger partial charge on any atom is -0.493 e. The molecule has 1 amide bonds. The average molecular weight is 446 g/mol. The summed E-state index contributed by atoms with van der Waals surface area (Å²) in [5.74, 6) is 0.574. The molecule has 132 valence electrons. The molecule has 0 atom stereocenters. The summed E-state index contributed by atoms with van der Waals surface area (Å²) in [6.07, 6.45) is 1.50. The van der Waals surface area contributed by atoms with Crippen molar-refractivity contribution in [2.24, 2.45) is 5.10 Å². The molecule has 2 aromatic rings. The number of hydrogen-bond acceptors (Lipinski definition) is 4. The monoisotopic (exact) mass is 444 g/mol. The van der Waals surface area contributed by atoms with Crippen LogP contribution in [0.15, 0.2) is 46.0 Å². The summed E-state index contributed by atoms with van der Waals surface area (Å²) >= 11 is 15.2. The maximum atomic E-state index is 11.8. The third-order valence-electron chi connectivity index (χ3n) is 2.92. The number of halogens is 3. The second-order valence-electron chi connectivity index (χ2n) is 4.77. The molecule has 0 bridgehead atoms. The van der Waals surface area contributed by atoms with Crippen molar-refractivity contribution >= 4 is 51.3 Å². The molecule has 0 aromatic heterocycles. The first-order valence-electron chi connectivity index (χ1n) is 7.31. The van der Waals surface area contributed by atoms with Gasteiger partial charge in [-0.15, -0.1) is 0 Å². The molecule has 2 rings (SSSR count). The van der Waals surface area contributed by atoms with Crippen molar-refractivity contribution in [3.05, 3.63) is 56.5 Å². The Hall–Kier alpha value is -1.76. The Kier molecular flexibility index (Phi) is 7.55. The quantitative estimate of drug-likeness (QED) is 0.497. The van der Waals surface area contributed by atoms with Crippen LogP contribution in [0.5, 0.6) is 11.5 Å². The molecule has 0 fully saturated rings. The topological polar surface area (TPSA) is 59.9 Å². The lowest BCUT2D eigenvalue weighted by Gasteiger charge is -2.08. The van der Waals surface area contributed by atoms with Gasteiger partial charge in [-0.2, -0.15) is 5.10 Å². The van der Waals surface area contributed by atoms with Gasteiger partial charge in [-0.3, -0.25) is 4.79 Å². The van der Waals surface area contributed by atoms with E-state index < -0.39 is 5.91 Å². The normalized spacial score (nSPS) is 10.7. The van der Waals surface area contributed by atoms with Crippen molar-refractivity contribution < 1.29 is 14.3 Å². The third-order valence-corrected chi connectivity index (χ3v) is 3.96. The van der Waals surface area contributed by atoms with Gasteiger partial charge in [0.15, 0.2) is 6.61 Å². The number of benzene rings is 2. The average Bonchev–Trinajstić information content (AvgIpc) is 2.58. The standard InChI is InChI=1S/C17H15BrCl2N2O3/c1-2-24-15-6-3-12(18)7-11(15)9-21-22-17(23)10-25-16-8-13(19)4-5-14(16)20/h3-9H,2,10H2,1H3,(H,22,23)/b21-9+. The summed E-state index contributed by atoms with van der Waals surface area (Å²) in [6.45, 7) is 2.18. The van der Waals surface area contributed by atoms with Crippen molar-refractivity contribution in [2.75, 3.05) is 13.2 Å². The summed E-state index contributed by atoms with van der Waals surface area (Å²) in [6, 6.07) is 10.3. The van der Waals surface area contributed by atoms with E-state index in [1.54, 1.807) is 12.1 Å². The summed E-state index contributed by atoms with van der Waals surface area (Å²) < 4.78 is 11.7. The lowest BCUT2D eigenvalue weighted by atomic mass is 10.2. The largest absolute Gasteiger partial charge is 0.493 e. The third kappa shape index (κ3) is 6.23. The Morgan fingerprint density at radius 3 is 2.76 bits per heavy atom. The van der Waals surface area contributed by atoms with E-state index in [9.17, 15) is 4.79 Å². The van der Waals surface area contributed by atoms with E-state index in [0.29, 0.717) is 28.2 Å². The Balaban J connectivity index is 1.92. The van der Waals surface area contributed by atoms with Gasteiger partial charge in [0.05, 0.1) is 17.8 Å². The first-order valence-corrected chi connectivity index (χ1v) is 8.86. The first kappa shape index (κ1) is 19.6. The van der Waals surface area contributed by atoms with Crippen molar-refractivity contribution in [3.8, 4) is 11.5 Å². The molecule has 0 saturated heterocycles. The lowest BCUT2D eigenvalue weighted by Crippen LogP contribution is -2.24. The van der Waals surface area contributed by atoms with Gasteiger partial charge in [-0.25, -0.2) is 5.43 Å². The maximum absolute atomic E-state index is 11.8. The molecule has 0 saturated carbocycles. The molecule has 0 aliphatic heterocycles. The number of nitrogens with one attached hydrogen (secondary N) is 1. The zero-order valence-corrected chi connectivity index (χ0v) is 16.4. The van der Waals surface area contributed by atoms with Crippen molar-refractivity contribution in [2.45, 2.75) is 6.92 Å². The molecular formula is C17H15BrCl2N2O3. The molecule has 1 N–H and O–H groups in total. The second-order valence-corrected chi connectivity index (χ2v) is 6.53. The van der Waals surface area contributed by atoms with E-state index in [0.717, 1.165) is 10.0 Å². The van der Waals surface area contributed by atoms with Crippen molar-refractivity contribution in [1.82, 2.24) is 5.43 Å². The van der Waals surface area contributed by atoms with Crippen LogP contribution in [-0.4, -0.2) is 25.3 Å². The molecule has 0 aliphatic carbocycles. The number of rotatable bonds is 7. The minimum absolute atomic E-state index is 0.242. The van der Waals surface area contributed by atoms with E-state index in [1.165, 1.54) is 12.3 Å². The molecule has 5 nitrogen and oxygen atoms in total. The fraction of sp³-hybridized carbons (Fsp3) is 0.176. The van der Waals surface area contributed by atoms with Gasteiger partial charge in [0.25, 0.3) is 5.91 Å². The van der Waals surface area contributed by atoms with Gasteiger partial charge in [0.1, 0.15) is 11.5 Å². The van der Waals surface area contributed by atoms with Crippen LogP contribution in [0.3, 0.4) is 0 Å². The summed E-state index contributed by atoms with van der Waals surface area (Å²) in [5, 5.41) is 4.75. The van der Waals surface area contributed by atoms with Gasteiger partial charge in [0.2, 0.25) is 0 Å². The zero-order valence-electron chi connectivity index (χ0n) is 13.3. The molecule has 0 aliphatic rings. The van der Waals surface area contributed by atoms with Crippen molar-refractivity contribution in [3.63, 3.8) is 0 Å². The van der Waals surface area contributed by atoms with Crippen LogP contribution in [0.1, 0.15) is 12.5 Å². The fourth-order valence-corrected chi connectivity index (χ4v) is 2.56. The summed E-state index contributed by atoms with van der Waals surface area (Å²) in [4.78, 5) is 11.8. The van der Waals surface area contributed by atoms with Crippen LogP contribution in [0.2, 0.25) is 10.0 Å². The highest BCUT2D eigenvalue weighted by atomic mass is 79.9. The van der Waals surface area contributed by atoms with Gasteiger partial charge in [-0.1, -0.05) is 39.1 Å². The number of hydrazone groups is 1. The van der Waals surface area contributed by atoms with Crippen LogP contribution in [0.4, 0.5) is 0 Å².